The van der Waals surface area contributed by atoms with Crippen molar-refractivity contribution in [3.8, 4) is 5.75 Å². The number of rotatable bonds is 5. The van der Waals surface area contributed by atoms with Crippen LogP contribution in [0.1, 0.15) is 24.1 Å². The van der Waals surface area contributed by atoms with Gasteiger partial charge < -0.3 is 10.1 Å². The molecular weight excluding hydrogens is 260 g/mol. The van der Waals surface area contributed by atoms with Crippen molar-refractivity contribution in [2.75, 3.05) is 13.7 Å². The number of benzene rings is 1. The molecule has 0 fully saturated rings. The van der Waals surface area contributed by atoms with Gasteiger partial charge in [-0.25, -0.2) is 0 Å². The van der Waals surface area contributed by atoms with Crippen molar-refractivity contribution in [2.45, 2.75) is 13.0 Å². The highest BCUT2D eigenvalue weighted by Crippen LogP contribution is 2.30. The molecule has 0 aliphatic carbocycles. The fraction of sp³-hybridized carbons (Fsp3) is 0.267. The summed E-state index contributed by atoms with van der Waals surface area (Å²) in [6.07, 6.45) is 3.50. The maximum atomic E-state index is 6.08. The Kier molecular flexibility index (Phi) is 4.77. The summed E-state index contributed by atoms with van der Waals surface area (Å²) in [6.45, 7) is 2.92. The molecule has 2 rings (SSSR count). The van der Waals surface area contributed by atoms with Gasteiger partial charge >= 0.3 is 0 Å². The fourth-order valence-corrected chi connectivity index (χ4v) is 2.30. The van der Waals surface area contributed by atoms with Gasteiger partial charge in [-0.05, 0) is 30.3 Å². The van der Waals surface area contributed by atoms with Gasteiger partial charge in [0.25, 0.3) is 0 Å². The molecule has 1 unspecified atom stereocenters. The molecule has 4 heteroatoms. The van der Waals surface area contributed by atoms with Crippen LogP contribution in [0.4, 0.5) is 0 Å². The normalized spacial score (nSPS) is 12.2. The van der Waals surface area contributed by atoms with Gasteiger partial charge in [0.1, 0.15) is 5.75 Å². The van der Waals surface area contributed by atoms with E-state index in [9.17, 15) is 0 Å². The molecule has 0 radical (unpaired) electrons. The predicted octanol–water partition coefficient (Wildman–Crippen LogP) is 3.44. The Hall–Kier alpha value is -1.58. The van der Waals surface area contributed by atoms with Crippen LogP contribution in [0.2, 0.25) is 5.02 Å². The number of ether oxygens (including phenoxy) is 1. The van der Waals surface area contributed by atoms with E-state index in [0.29, 0.717) is 0 Å². The Morgan fingerprint density at radius 3 is 2.89 bits per heavy atom. The van der Waals surface area contributed by atoms with Crippen molar-refractivity contribution in [3.05, 3.63) is 58.9 Å². The predicted molar refractivity (Wildman–Crippen MR) is 77.8 cm³/mol. The zero-order valence-corrected chi connectivity index (χ0v) is 11.8. The minimum absolute atomic E-state index is 0.0432. The van der Waals surface area contributed by atoms with Crippen LogP contribution in [-0.4, -0.2) is 18.6 Å². The molecule has 2 aromatic rings. The Morgan fingerprint density at radius 1 is 1.37 bits per heavy atom. The number of methoxy groups -OCH3 is 1. The zero-order chi connectivity index (χ0) is 13.7. The number of halogens is 1. The van der Waals surface area contributed by atoms with E-state index in [2.05, 4.69) is 23.3 Å². The Balaban J connectivity index is 2.45. The van der Waals surface area contributed by atoms with Gasteiger partial charge in [0.2, 0.25) is 0 Å². The molecule has 3 nitrogen and oxygen atoms in total. The Morgan fingerprint density at radius 2 is 2.21 bits per heavy atom. The molecule has 0 aliphatic rings. The van der Waals surface area contributed by atoms with Crippen LogP contribution in [0.3, 0.4) is 0 Å². The van der Waals surface area contributed by atoms with Crippen LogP contribution in [0, 0.1) is 0 Å². The molecule has 100 valence electrons. The third-order valence-electron chi connectivity index (χ3n) is 2.94. The van der Waals surface area contributed by atoms with Crippen LogP contribution in [-0.2, 0) is 0 Å². The van der Waals surface area contributed by atoms with E-state index in [1.54, 1.807) is 19.5 Å². The highest BCUT2D eigenvalue weighted by Gasteiger charge is 2.17. The van der Waals surface area contributed by atoms with Crippen molar-refractivity contribution >= 4 is 11.6 Å². The van der Waals surface area contributed by atoms with Crippen LogP contribution in [0.5, 0.6) is 5.75 Å². The van der Waals surface area contributed by atoms with Gasteiger partial charge in [0.05, 0.1) is 19.3 Å². The quantitative estimate of drug-likeness (QED) is 0.908. The van der Waals surface area contributed by atoms with Crippen LogP contribution >= 0.6 is 11.6 Å². The molecular formula is C15H17ClN2O. The van der Waals surface area contributed by atoms with E-state index in [1.165, 1.54) is 0 Å². The molecule has 0 spiro atoms. The van der Waals surface area contributed by atoms with Gasteiger partial charge in [-0.15, -0.1) is 0 Å². The molecule has 0 amide bonds. The fourth-order valence-electron chi connectivity index (χ4n) is 2.10. The summed E-state index contributed by atoms with van der Waals surface area (Å²) in [5, 5.41) is 4.18. The summed E-state index contributed by atoms with van der Waals surface area (Å²) in [5.74, 6) is 0.772. The molecule has 0 bridgehead atoms. The number of hydrogen-bond acceptors (Lipinski definition) is 3. The number of nitrogens with zero attached hydrogens (tertiary/aromatic N) is 1. The summed E-state index contributed by atoms with van der Waals surface area (Å²) in [5.41, 5.74) is 2.17. The molecule has 1 heterocycles. The number of hydrogen-bond donors (Lipinski definition) is 1. The van der Waals surface area contributed by atoms with Crippen LogP contribution in [0.25, 0.3) is 0 Å². The number of pyridine rings is 1. The van der Waals surface area contributed by atoms with E-state index in [4.69, 9.17) is 16.3 Å². The summed E-state index contributed by atoms with van der Waals surface area (Å²) in [6, 6.07) is 9.86. The minimum Gasteiger partial charge on any atom is -0.495 e. The van der Waals surface area contributed by atoms with Gasteiger partial charge in [0, 0.05) is 16.8 Å². The summed E-state index contributed by atoms with van der Waals surface area (Å²) < 4.78 is 5.39. The number of nitrogens with one attached hydrogen (secondary N) is 1. The van der Waals surface area contributed by atoms with E-state index in [0.717, 1.165) is 28.4 Å². The summed E-state index contributed by atoms with van der Waals surface area (Å²) >= 11 is 6.08. The zero-order valence-electron chi connectivity index (χ0n) is 11.1. The number of aromatic nitrogens is 1. The molecule has 0 aliphatic heterocycles. The summed E-state index contributed by atoms with van der Waals surface area (Å²) in [4.78, 5) is 4.09. The standard InChI is InChI=1S/C15H17ClN2O/c1-3-18-15(11-5-4-6-12(16)9-11)13-7-8-17-10-14(13)19-2/h4-10,15,18H,3H2,1-2H3. The van der Waals surface area contributed by atoms with Crippen LogP contribution in [0.15, 0.2) is 42.7 Å². The SMILES string of the molecule is CCNC(c1cccc(Cl)c1)c1ccncc1OC. The van der Waals surface area contributed by atoms with Gasteiger partial charge in [-0.1, -0.05) is 30.7 Å². The minimum atomic E-state index is 0.0432. The second kappa shape index (κ2) is 6.55. The van der Waals surface area contributed by atoms with Crippen molar-refractivity contribution in [3.63, 3.8) is 0 Å². The molecule has 1 aromatic heterocycles. The lowest BCUT2D eigenvalue weighted by molar-refractivity contribution is 0.402. The molecule has 1 atom stereocenters. The van der Waals surface area contributed by atoms with Gasteiger partial charge in [-0.2, -0.15) is 0 Å². The Labute approximate surface area is 118 Å². The van der Waals surface area contributed by atoms with E-state index < -0.39 is 0 Å². The first-order chi connectivity index (χ1) is 9.26. The maximum Gasteiger partial charge on any atom is 0.142 e. The third kappa shape index (κ3) is 3.25. The van der Waals surface area contributed by atoms with Crippen molar-refractivity contribution in [1.82, 2.24) is 10.3 Å². The molecule has 0 saturated heterocycles. The second-order valence-corrected chi connectivity index (χ2v) is 4.60. The van der Waals surface area contributed by atoms with Crippen molar-refractivity contribution < 1.29 is 4.74 Å². The van der Waals surface area contributed by atoms with E-state index in [1.807, 2.05) is 24.3 Å². The average molecular weight is 277 g/mol. The summed E-state index contributed by atoms with van der Waals surface area (Å²) in [7, 11) is 1.65. The Bertz CT molecular complexity index is 545. The lowest BCUT2D eigenvalue weighted by Crippen LogP contribution is -2.22. The van der Waals surface area contributed by atoms with Crippen LogP contribution < -0.4 is 10.1 Å². The third-order valence-corrected chi connectivity index (χ3v) is 3.17. The average Bonchev–Trinajstić information content (AvgIpc) is 2.45. The highest BCUT2D eigenvalue weighted by molar-refractivity contribution is 6.30. The molecule has 19 heavy (non-hydrogen) atoms. The monoisotopic (exact) mass is 276 g/mol. The largest absolute Gasteiger partial charge is 0.495 e. The molecule has 0 saturated carbocycles. The first-order valence-corrected chi connectivity index (χ1v) is 6.60. The van der Waals surface area contributed by atoms with Gasteiger partial charge in [-0.3, -0.25) is 4.98 Å². The smallest absolute Gasteiger partial charge is 0.142 e. The first kappa shape index (κ1) is 13.8. The maximum absolute atomic E-state index is 6.08. The molecule has 1 N–H and O–H groups in total. The lowest BCUT2D eigenvalue weighted by atomic mass is 9.99. The van der Waals surface area contributed by atoms with Crippen molar-refractivity contribution in [1.29, 1.82) is 0 Å². The molecule has 1 aromatic carbocycles. The first-order valence-electron chi connectivity index (χ1n) is 6.23. The second-order valence-electron chi connectivity index (χ2n) is 4.16. The van der Waals surface area contributed by atoms with Gasteiger partial charge in [0.15, 0.2) is 0 Å². The lowest BCUT2D eigenvalue weighted by Gasteiger charge is -2.21. The van der Waals surface area contributed by atoms with E-state index in [-0.39, 0.29) is 6.04 Å². The highest BCUT2D eigenvalue weighted by atomic mass is 35.5. The van der Waals surface area contributed by atoms with Crippen molar-refractivity contribution in [2.24, 2.45) is 0 Å². The van der Waals surface area contributed by atoms with E-state index >= 15 is 0 Å². The topological polar surface area (TPSA) is 34.2 Å².